The smallest absolute Gasteiger partial charge is 0.0627 e. The van der Waals surface area contributed by atoms with Gasteiger partial charge < -0.3 is 0 Å². The molecule has 3 heteroatoms. The monoisotopic (exact) mass is 268 g/mol. The normalized spacial score (nSPS) is 18.7. The molecule has 1 heterocycles. The Hall–Kier alpha value is -0.500. The molecule has 1 saturated carbocycles. The number of hydrogen-bond acceptors (Lipinski definition) is 1. The first kappa shape index (κ1) is 13.9. The van der Waals surface area contributed by atoms with Crippen LogP contribution in [0.1, 0.15) is 57.7 Å². The fourth-order valence-electron chi connectivity index (χ4n) is 3.02. The molecule has 0 N–H and O–H groups in total. The van der Waals surface area contributed by atoms with Crippen molar-refractivity contribution in [3.8, 4) is 0 Å². The van der Waals surface area contributed by atoms with Crippen LogP contribution in [-0.2, 0) is 6.42 Å². The van der Waals surface area contributed by atoms with Crippen molar-refractivity contribution >= 4 is 11.6 Å². The summed E-state index contributed by atoms with van der Waals surface area (Å²) in [7, 11) is 0. The Bertz CT molecular complexity index is 353. The largest absolute Gasteiger partial charge is 0.269 e. The summed E-state index contributed by atoms with van der Waals surface area (Å²) in [6.45, 7) is 4.52. The Morgan fingerprint density at radius 2 is 2.11 bits per heavy atom. The maximum Gasteiger partial charge on any atom is 0.0627 e. The van der Waals surface area contributed by atoms with Crippen LogP contribution in [0.4, 0.5) is 0 Å². The van der Waals surface area contributed by atoms with E-state index in [9.17, 15) is 0 Å². The second-order valence-electron chi connectivity index (χ2n) is 6.08. The molecule has 0 radical (unpaired) electrons. The van der Waals surface area contributed by atoms with Gasteiger partial charge in [0.05, 0.1) is 11.7 Å². The van der Waals surface area contributed by atoms with Crippen LogP contribution in [-0.4, -0.2) is 15.7 Å². The van der Waals surface area contributed by atoms with E-state index in [1.807, 2.05) is 0 Å². The Morgan fingerprint density at radius 1 is 1.39 bits per heavy atom. The summed E-state index contributed by atoms with van der Waals surface area (Å²) in [4.78, 5) is 0. The number of nitrogens with zero attached hydrogens (tertiary/aromatic N) is 2. The first-order valence-corrected chi connectivity index (χ1v) is 7.82. The molecule has 102 valence electrons. The van der Waals surface area contributed by atoms with Crippen molar-refractivity contribution in [2.24, 2.45) is 11.8 Å². The minimum absolute atomic E-state index is 0.568. The molecular formula is C15H25ClN2. The maximum atomic E-state index is 6.06. The van der Waals surface area contributed by atoms with Gasteiger partial charge in [-0.1, -0.05) is 26.7 Å². The predicted molar refractivity (Wildman–Crippen MR) is 77.1 cm³/mol. The summed E-state index contributed by atoms with van der Waals surface area (Å²) in [5.41, 5.74) is 1.22. The van der Waals surface area contributed by atoms with E-state index in [0.717, 1.165) is 12.3 Å². The lowest BCUT2D eigenvalue weighted by Gasteiger charge is -2.15. The molecular weight excluding hydrogens is 244 g/mol. The molecule has 0 amide bonds. The van der Waals surface area contributed by atoms with Crippen molar-refractivity contribution in [1.29, 1.82) is 0 Å². The molecule has 1 atom stereocenters. The van der Waals surface area contributed by atoms with Gasteiger partial charge in [-0.25, -0.2) is 0 Å². The molecule has 0 bridgehead atoms. The van der Waals surface area contributed by atoms with E-state index >= 15 is 0 Å². The topological polar surface area (TPSA) is 17.8 Å². The van der Waals surface area contributed by atoms with Crippen LogP contribution < -0.4 is 0 Å². The molecule has 2 rings (SSSR count). The van der Waals surface area contributed by atoms with Crippen LogP contribution in [0.3, 0.4) is 0 Å². The number of rotatable bonds is 6. The minimum Gasteiger partial charge on any atom is -0.269 e. The lowest BCUT2D eigenvalue weighted by atomic mass is 9.95. The Kier molecular flexibility index (Phi) is 5.11. The van der Waals surface area contributed by atoms with Gasteiger partial charge >= 0.3 is 0 Å². The standard InChI is InChI=1S/C15H25ClN2/c1-12(2)9-13(11-16)10-14-7-8-18(17-14)15-5-3-4-6-15/h7-8,12-13,15H,3-6,9-11H2,1-2H3. The van der Waals surface area contributed by atoms with E-state index < -0.39 is 0 Å². The highest BCUT2D eigenvalue weighted by Gasteiger charge is 2.18. The summed E-state index contributed by atoms with van der Waals surface area (Å²) in [5.74, 6) is 2.03. The van der Waals surface area contributed by atoms with Crippen LogP contribution in [0.25, 0.3) is 0 Å². The minimum atomic E-state index is 0.568. The van der Waals surface area contributed by atoms with E-state index in [1.165, 1.54) is 37.8 Å². The van der Waals surface area contributed by atoms with Gasteiger partial charge in [-0.05, 0) is 43.6 Å². The average molecular weight is 269 g/mol. The van der Waals surface area contributed by atoms with Gasteiger partial charge in [0.2, 0.25) is 0 Å². The Labute approximate surface area is 116 Å². The van der Waals surface area contributed by atoms with E-state index in [2.05, 4.69) is 30.8 Å². The molecule has 2 nitrogen and oxygen atoms in total. The van der Waals surface area contributed by atoms with E-state index in [1.54, 1.807) is 0 Å². The molecule has 1 aromatic rings. The lowest BCUT2D eigenvalue weighted by Crippen LogP contribution is -2.11. The summed E-state index contributed by atoms with van der Waals surface area (Å²) in [6, 6.07) is 2.83. The quantitative estimate of drug-likeness (QED) is 0.698. The van der Waals surface area contributed by atoms with Gasteiger partial charge in [-0.3, -0.25) is 4.68 Å². The van der Waals surface area contributed by atoms with Gasteiger partial charge in [0.15, 0.2) is 0 Å². The van der Waals surface area contributed by atoms with Crippen molar-refractivity contribution in [2.75, 3.05) is 5.88 Å². The van der Waals surface area contributed by atoms with E-state index in [0.29, 0.717) is 17.9 Å². The third-order valence-corrected chi connectivity index (χ3v) is 4.32. The van der Waals surface area contributed by atoms with Crippen LogP contribution in [0, 0.1) is 11.8 Å². The molecule has 1 unspecified atom stereocenters. The van der Waals surface area contributed by atoms with Crippen molar-refractivity contribution in [3.05, 3.63) is 18.0 Å². The summed E-state index contributed by atoms with van der Waals surface area (Å²) in [5, 5.41) is 4.75. The van der Waals surface area contributed by atoms with Crippen LogP contribution >= 0.6 is 11.6 Å². The highest BCUT2D eigenvalue weighted by atomic mass is 35.5. The molecule has 1 aromatic heterocycles. The van der Waals surface area contributed by atoms with Crippen molar-refractivity contribution in [2.45, 2.75) is 58.4 Å². The first-order valence-electron chi connectivity index (χ1n) is 7.29. The average Bonchev–Trinajstić information content (AvgIpc) is 2.97. The number of hydrogen-bond donors (Lipinski definition) is 0. The molecule has 0 saturated heterocycles. The van der Waals surface area contributed by atoms with Crippen molar-refractivity contribution in [1.82, 2.24) is 9.78 Å². The Balaban J connectivity index is 1.92. The summed E-state index contributed by atoms with van der Waals surface area (Å²) >= 11 is 6.06. The Morgan fingerprint density at radius 3 is 2.72 bits per heavy atom. The molecule has 1 aliphatic carbocycles. The van der Waals surface area contributed by atoms with Crippen LogP contribution in [0.5, 0.6) is 0 Å². The summed E-state index contributed by atoms with van der Waals surface area (Å²) in [6.07, 6.45) is 9.69. The maximum absolute atomic E-state index is 6.06. The van der Waals surface area contributed by atoms with Gasteiger partial charge in [0, 0.05) is 12.1 Å². The fraction of sp³-hybridized carbons (Fsp3) is 0.800. The number of halogens is 1. The molecule has 1 fully saturated rings. The van der Waals surface area contributed by atoms with E-state index in [-0.39, 0.29) is 0 Å². The molecule has 0 aliphatic heterocycles. The van der Waals surface area contributed by atoms with Gasteiger partial charge in [-0.2, -0.15) is 5.10 Å². The second kappa shape index (κ2) is 6.60. The molecule has 0 spiro atoms. The summed E-state index contributed by atoms with van der Waals surface area (Å²) < 4.78 is 2.18. The van der Waals surface area contributed by atoms with Gasteiger partial charge in [-0.15, -0.1) is 11.6 Å². The van der Waals surface area contributed by atoms with Crippen LogP contribution in [0.2, 0.25) is 0 Å². The lowest BCUT2D eigenvalue weighted by molar-refractivity contribution is 0.426. The molecule has 0 aromatic carbocycles. The zero-order valence-electron chi connectivity index (χ0n) is 11.6. The van der Waals surface area contributed by atoms with Crippen molar-refractivity contribution < 1.29 is 0 Å². The van der Waals surface area contributed by atoms with Crippen molar-refractivity contribution in [3.63, 3.8) is 0 Å². The highest BCUT2D eigenvalue weighted by molar-refractivity contribution is 6.18. The zero-order chi connectivity index (χ0) is 13.0. The fourth-order valence-corrected chi connectivity index (χ4v) is 3.26. The van der Waals surface area contributed by atoms with Crippen LogP contribution in [0.15, 0.2) is 12.3 Å². The van der Waals surface area contributed by atoms with E-state index in [4.69, 9.17) is 16.7 Å². The molecule has 1 aliphatic rings. The van der Waals surface area contributed by atoms with Gasteiger partial charge in [0.1, 0.15) is 0 Å². The third kappa shape index (κ3) is 3.74. The van der Waals surface area contributed by atoms with Gasteiger partial charge in [0.25, 0.3) is 0 Å². The predicted octanol–water partition coefficient (Wildman–Crippen LogP) is 4.44. The zero-order valence-corrected chi connectivity index (χ0v) is 12.4. The second-order valence-corrected chi connectivity index (χ2v) is 6.39. The first-order chi connectivity index (χ1) is 8.69. The number of alkyl halides is 1. The highest BCUT2D eigenvalue weighted by Crippen LogP contribution is 2.29. The SMILES string of the molecule is CC(C)CC(CCl)Cc1ccn(C2CCCC2)n1. The third-order valence-electron chi connectivity index (χ3n) is 3.88. The number of aromatic nitrogens is 2. The molecule has 18 heavy (non-hydrogen) atoms.